The summed E-state index contributed by atoms with van der Waals surface area (Å²) in [5.74, 6) is 2.33. The van der Waals surface area contributed by atoms with Gasteiger partial charge in [0.1, 0.15) is 18.2 Å². The van der Waals surface area contributed by atoms with Gasteiger partial charge in [0, 0.05) is 32.0 Å². The number of hydrogen-bond acceptors (Lipinski definition) is 6. The van der Waals surface area contributed by atoms with Gasteiger partial charge in [-0.1, -0.05) is 6.92 Å². The van der Waals surface area contributed by atoms with E-state index in [0.717, 1.165) is 24.6 Å². The van der Waals surface area contributed by atoms with Crippen molar-refractivity contribution in [1.29, 1.82) is 0 Å². The van der Waals surface area contributed by atoms with Crippen LogP contribution in [0.2, 0.25) is 0 Å². The van der Waals surface area contributed by atoms with E-state index in [0.29, 0.717) is 17.7 Å². The van der Waals surface area contributed by atoms with Gasteiger partial charge in [-0.25, -0.2) is 9.97 Å². The van der Waals surface area contributed by atoms with Gasteiger partial charge in [-0.2, -0.15) is 11.8 Å². The van der Waals surface area contributed by atoms with Crippen molar-refractivity contribution >= 4 is 23.4 Å². The molecular formula is C12H22N4OS. The Morgan fingerprint density at radius 2 is 2.11 bits per heavy atom. The van der Waals surface area contributed by atoms with Crippen LogP contribution in [0.3, 0.4) is 0 Å². The second-order valence-electron chi connectivity index (χ2n) is 4.00. The third kappa shape index (κ3) is 5.10. The van der Waals surface area contributed by atoms with E-state index in [2.05, 4.69) is 33.8 Å². The van der Waals surface area contributed by atoms with E-state index >= 15 is 0 Å². The molecule has 1 rings (SSSR count). The highest BCUT2D eigenvalue weighted by molar-refractivity contribution is 7.99. The Bertz CT molecular complexity index is 362. The molecule has 0 amide bonds. The zero-order valence-corrected chi connectivity index (χ0v) is 12.3. The number of nitrogens with zero attached hydrogens (tertiary/aromatic N) is 2. The fourth-order valence-corrected chi connectivity index (χ4v) is 1.78. The van der Waals surface area contributed by atoms with Crippen molar-refractivity contribution in [2.75, 3.05) is 37.6 Å². The monoisotopic (exact) mass is 270 g/mol. The van der Waals surface area contributed by atoms with Gasteiger partial charge in [0.15, 0.2) is 5.82 Å². The van der Waals surface area contributed by atoms with E-state index in [-0.39, 0.29) is 0 Å². The molecule has 102 valence electrons. The Morgan fingerprint density at radius 3 is 2.72 bits per heavy atom. The standard InChI is InChI=1S/C12H22N4OS/c1-9(18-4)5-6-14-11-7-10(13-2)15-12(16-11)8-17-3/h7,9H,5-6,8H2,1-4H3,(H2,13,14,15,16). The Balaban J connectivity index is 2.60. The van der Waals surface area contributed by atoms with Crippen LogP contribution >= 0.6 is 11.8 Å². The van der Waals surface area contributed by atoms with Gasteiger partial charge >= 0.3 is 0 Å². The lowest BCUT2D eigenvalue weighted by Gasteiger charge is -2.11. The van der Waals surface area contributed by atoms with Gasteiger partial charge in [-0.15, -0.1) is 0 Å². The summed E-state index contributed by atoms with van der Waals surface area (Å²) in [7, 11) is 3.49. The summed E-state index contributed by atoms with van der Waals surface area (Å²) in [5, 5.41) is 7.00. The Kier molecular flexibility index (Phi) is 6.82. The molecule has 0 aliphatic heterocycles. The molecule has 0 fully saturated rings. The first-order valence-electron chi connectivity index (χ1n) is 6.01. The van der Waals surface area contributed by atoms with E-state index in [4.69, 9.17) is 4.74 Å². The summed E-state index contributed by atoms with van der Waals surface area (Å²) in [4.78, 5) is 8.71. The van der Waals surface area contributed by atoms with Crippen LogP contribution in [0.4, 0.5) is 11.6 Å². The zero-order chi connectivity index (χ0) is 13.4. The number of anilines is 2. The van der Waals surface area contributed by atoms with Crippen molar-refractivity contribution in [3.05, 3.63) is 11.9 Å². The molecule has 1 atom stereocenters. The number of aromatic nitrogens is 2. The van der Waals surface area contributed by atoms with Gasteiger partial charge in [0.05, 0.1) is 0 Å². The lowest BCUT2D eigenvalue weighted by Crippen LogP contribution is -2.11. The number of thioether (sulfide) groups is 1. The fraction of sp³-hybridized carbons (Fsp3) is 0.667. The van der Waals surface area contributed by atoms with E-state index in [1.807, 2.05) is 24.9 Å². The molecule has 1 unspecified atom stereocenters. The summed E-state index contributed by atoms with van der Waals surface area (Å²) >= 11 is 1.87. The molecule has 0 bridgehead atoms. The van der Waals surface area contributed by atoms with Crippen molar-refractivity contribution in [2.45, 2.75) is 25.2 Å². The minimum absolute atomic E-state index is 0.422. The maximum absolute atomic E-state index is 5.06. The van der Waals surface area contributed by atoms with E-state index in [1.54, 1.807) is 7.11 Å². The van der Waals surface area contributed by atoms with Crippen molar-refractivity contribution in [3.63, 3.8) is 0 Å². The third-order valence-electron chi connectivity index (χ3n) is 2.56. The van der Waals surface area contributed by atoms with Crippen molar-refractivity contribution in [3.8, 4) is 0 Å². The maximum atomic E-state index is 5.06. The molecule has 0 radical (unpaired) electrons. The molecule has 0 saturated heterocycles. The van der Waals surface area contributed by atoms with Gasteiger partial charge in [-0.3, -0.25) is 0 Å². The van der Waals surface area contributed by atoms with E-state index in [1.165, 1.54) is 0 Å². The number of methoxy groups -OCH3 is 1. The molecule has 1 aromatic rings. The first kappa shape index (κ1) is 15.0. The van der Waals surface area contributed by atoms with E-state index < -0.39 is 0 Å². The topological polar surface area (TPSA) is 59.1 Å². The predicted molar refractivity (Wildman–Crippen MR) is 78.4 cm³/mol. The third-order valence-corrected chi connectivity index (χ3v) is 3.60. The van der Waals surface area contributed by atoms with Gasteiger partial charge in [0.2, 0.25) is 0 Å². The zero-order valence-electron chi connectivity index (χ0n) is 11.5. The van der Waals surface area contributed by atoms with Gasteiger partial charge < -0.3 is 15.4 Å². The van der Waals surface area contributed by atoms with Crippen LogP contribution in [0.25, 0.3) is 0 Å². The number of nitrogens with one attached hydrogen (secondary N) is 2. The molecule has 18 heavy (non-hydrogen) atoms. The second-order valence-corrected chi connectivity index (χ2v) is 5.28. The highest BCUT2D eigenvalue weighted by Crippen LogP contribution is 2.13. The molecule has 0 aliphatic rings. The summed E-state index contributed by atoms with van der Waals surface area (Å²) < 4.78 is 5.06. The predicted octanol–water partition coefficient (Wildman–Crippen LogP) is 2.22. The molecule has 5 nitrogen and oxygen atoms in total. The SMILES string of the molecule is CNc1cc(NCCC(C)SC)nc(COC)n1. The largest absolute Gasteiger partial charge is 0.377 e. The molecular weight excluding hydrogens is 248 g/mol. The van der Waals surface area contributed by atoms with Crippen LogP contribution < -0.4 is 10.6 Å². The summed E-state index contributed by atoms with van der Waals surface area (Å²) in [6.07, 6.45) is 3.24. The lowest BCUT2D eigenvalue weighted by molar-refractivity contribution is 0.178. The maximum Gasteiger partial charge on any atom is 0.158 e. The van der Waals surface area contributed by atoms with Crippen LogP contribution in [0.5, 0.6) is 0 Å². The first-order valence-corrected chi connectivity index (χ1v) is 7.29. The Morgan fingerprint density at radius 1 is 1.39 bits per heavy atom. The molecule has 1 heterocycles. The van der Waals surface area contributed by atoms with Crippen LogP contribution in [0.15, 0.2) is 6.07 Å². The summed E-state index contributed by atoms with van der Waals surface area (Å²) in [5.41, 5.74) is 0. The van der Waals surface area contributed by atoms with Crippen molar-refractivity contribution in [2.24, 2.45) is 0 Å². The Hall–Kier alpha value is -1.01. The fourth-order valence-electron chi connectivity index (χ4n) is 1.43. The molecule has 0 aromatic carbocycles. The molecule has 0 spiro atoms. The van der Waals surface area contributed by atoms with Gasteiger partial charge in [-0.05, 0) is 12.7 Å². The average Bonchev–Trinajstić information content (AvgIpc) is 2.38. The number of rotatable bonds is 8. The Labute approximate surface area is 113 Å². The molecule has 0 saturated carbocycles. The molecule has 1 aromatic heterocycles. The molecule has 0 aliphatic carbocycles. The second kappa shape index (κ2) is 8.16. The van der Waals surface area contributed by atoms with Crippen LogP contribution in [0.1, 0.15) is 19.2 Å². The van der Waals surface area contributed by atoms with E-state index in [9.17, 15) is 0 Å². The highest BCUT2D eigenvalue weighted by atomic mass is 32.2. The van der Waals surface area contributed by atoms with Crippen LogP contribution in [0, 0.1) is 0 Å². The highest BCUT2D eigenvalue weighted by Gasteiger charge is 2.04. The molecule has 2 N–H and O–H groups in total. The summed E-state index contributed by atoms with van der Waals surface area (Å²) in [6.45, 7) is 3.56. The van der Waals surface area contributed by atoms with Crippen LogP contribution in [-0.2, 0) is 11.3 Å². The van der Waals surface area contributed by atoms with Crippen molar-refractivity contribution in [1.82, 2.24) is 9.97 Å². The minimum Gasteiger partial charge on any atom is -0.377 e. The van der Waals surface area contributed by atoms with Crippen molar-refractivity contribution < 1.29 is 4.74 Å². The first-order chi connectivity index (χ1) is 8.69. The van der Waals surface area contributed by atoms with Gasteiger partial charge in [0.25, 0.3) is 0 Å². The smallest absolute Gasteiger partial charge is 0.158 e. The quantitative estimate of drug-likeness (QED) is 0.755. The lowest BCUT2D eigenvalue weighted by atomic mass is 10.3. The molecule has 6 heteroatoms. The normalized spacial score (nSPS) is 12.2. The number of ether oxygens (including phenoxy) is 1. The van der Waals surface area contributed by atoms with Crippen LogP contribution in [-0.4, -0.2) is 42.2 Å². The number of hydrogen-bond donors (Lipinski definition) is 2. The minimum atomic E-state index is 0.422. The average molecular weight is 270 g/mol. The summed E-state index contributed by atoms with van der Waals surface area (Å²) in [6, 6.07) is 1.91.